The van der Waals surface area contributed by atoms with Gasteiger partial charge in [0.15, 0.2) is 0 Å². The molecule has 1 aliphatic heterocycles. The Kier molecular flexibility index (Phi) is 5.23. The Morgan fingerprint density at radius 2 is 1.95 bits per heavy atom. The van der Waals surface area contributed by atoms with Crippen molar-refractivity contribution in [1.82, 2.24) is 10.2 Å². The molecule has 2 rings (SSSR count). The smallest absolute Gasteiger partial charge is 0.0367 e. The van der Waals surface area contributed by atoms with Crippen LogP contribution in [0, 0.1) is 0 Å². The van der Waals surface area contributed by atoms with Gasteiger partial charge >= 0.3 is 0 Å². The minimum atomic E-state index is 0.639. The number of benzene rings is 1. The Bertz CT molecular complexity index is 374. The molecule has 0 aliphatic carbocycles. The summed E-state index contributed by atoms with van der Waals surface area (Å²) in [5.41, 5.74) is 2.73. The third-order valence-corrected chi connectivity index (χ3v) is 4.02. The number of nitrogens with zero attached hydrogens (tertiary/aromatic N) is 2. The molecule has 0 radical (unpaired) electrons. The first-order chi connectivity index (χ1) is 9.20. The molecular weight excluding hydrogens is 234 g/mol. The molecule has 19 heavy (non-hydrogen) atoms. The van der Waals surface area contributed by atoms with E-state index in [9.17, 15) is 0 Å². The van der Waals surface area contributed by atoms with Gasteiger partial charge < -0.3 is 15.1 Å². The summed E-state index contributed by atoms with van der Waals surface area (Å²) in [6.45, 7) is 9.99. The SMILES string of the molecule is CCCNCc1ccc(N2CCN(C)C(C)C2)cc1. The lowest BCUT2D eigenvalue weighted by Crippen LogP contribution is -2.50. The van der Waals surface area contributed by atoms with Crippen LogP contribution in [0.1, 0.15) is 25.8 Å². The van der Waals surface area contributed by atoms with Crippen LogP contribution in [0.2, 0.25) is 0 Å². The topological polar surface area (TPSA) is 18.5 Å². The zero-order chi connectivity index (χ0) is 13.7. The minimum absolute atomic E-state index is 0.639. The molecule has 0 bridgehead atoms. The Labute approximate surface area is 117 Å². The van der Waals surface area contributed by atoms with Crippen LogP contribution in [0.25, 0.3) is 0 Å². The summed E-state index contributed by atoms with van der Waals surface area (Å²) < 4.78 is 0. The second-order valence-corrected chi connectivity index (χ2v) is 5.62. The number of likely N-dealkylation sites (N-methyl/N-ethyl adjacent to an activating group) is 1. The average molecular weight is 261 g/mol. The molecule has 1 aliphatic rings. The zero-order valence-electron chi connectivity index (χ0n) is 12.5. The van der Waals surface area contributed by atoms with Gasteiger partial charge in [-0.25, -0.2) is 0 Å². The molecule has 1 fully saturated rings. The highest BCUT2D eigenvalue weighted by molar-refractivity contribution is 5.48. The van der Waals surface area contributed by atoms with Crippen molar-refractivity contribution in [2.75, 3.05) is 38.1 Å². The first-order valence-corrected chi connectivity index (χ1v) is 7.45. The second kappa shape index (κ2) is 6.92. The van der Waals surface area contributed by atoms with E-state index in [2.05, 4.69) is 60.3 Å². The van der Waals surface area contributed by atoms with Gasteiger partial charge in [-0.3, -0.25) is 0 Å². The van der Waals surface area contributed by atoms with E-state index in [4.69, 9.17) is 0 Å². The van der Waals surface area contributed by atoms with Crippen molar-refractivity contribution in [3.63, 3.8) is 0 Å². The summed E-state index contributed by atoms with van der Waals surface area (Å²) in [7, 11) is 2.21. The van der Waals surface area contributed by atoms with Gasteiger partial charge in [-0.05, 0) is 44.6 Å². The molecule has 0 saturated carbocycles. The van der Waals surface area contributed by atoms with Crippen molar-refractivity contribution in [2.45, 2.75) is 32.9 Å². The minimum Gasteiger partial charge on any atom is -0.369 e. The maximum absolute atomic E-state index is 3.44. The van der Waals surface area contributed by atoms with Gasteiger partial charge in [0.1, 0.15) is 0 Å². The van der Waals surface area contributed by atoms with Gasteiger partial charge in [-0.2, -0.15) is 0 Å². The van der Waals surface area contributed by atoms with E-state index in [0.717, 1.165) is 32.7 Å². The summed E-state index contributed by atoms with van der Waals surface area (Å²) in [5, 5.41) is 3.44. The monoisotopic (exact) mass is 261 g/mol. The fourth-order valence-electron chi connectivity index (χ4n) is 2.52. The fraction of sp³-hybridized carbons (Fsp3) is 0.625. The van der Waals surface area contributed by atoms with Gasteiger partial charge in [0.2, 0.25) is 0 Å². The summed E-state index contributed by atoms with van der Waals surface area (Å²) >= 11 is 0. The standard InChI is InChI=1S/C16H27N3/c1-4-9-17-12-15-5-7-16(8-6-15)19-11-10-18(3)14(2)13-19/h5-8,14,17H,4,9-13H2,1-3H3. The van der Waals surface area contributed by atoms with Crippen molar-refractivity contribution in [3.8, 4) is 0 Å². The molecule has 3 nitrogen and oxygen atoms in total. The lowest BCUT2D eigenvalue weighted by atomic mass is 10.1. The predicted octanol–water partition coefficient (Wildman–Crippen LogP) is 2.33. The first-order valence-electron chi connectivity index (χ1n) is 7.45. The van der Waals surface area contributed by atoms with E-state index in [-0.39, 0.29) is 0 Å². The van der Waals surface area contributed by atoms with Crippen molar-refractivity contribution in [2.24, 2.45) is 0 Å². The molecule has 1 aromatic rings. The van der Waals surface area contributed by atoms with Crippen LogP contribution < -0.4 is 10.2 Å². The molecular formula is C16H27N3. The Balaban J connectivity index is 1.91. The number of hydrogen-bond donors (Lipinski definition) is 1. The quantitative estimate of drug-likeness (QED) is 0.821. The number of piperazine rings is 1. The summed E-state index contributed by atoms with van der Waals surface area (Å²) in [4.78, 5) is 4.92. The van der Waals surface area contributed by atoms with Gasteiger partial charge in [0.05, 0.1) is 0 Å². The molecule has 0 spiro atoms. The van der Waals surface area contributed by atoms with Crippen LogP contribution >= 0.6 is 0 Å². The summed E-state index contributed by atoms with van der Waals surface area (Å²) in [6, 6.07) is 9.67. The number of hydrogen-bond acceptors (Lipinski definition) is 3. The van der Waals surface area contributed by atoms with E-state index in [1.165, 1.54) is 17.7 Å². The Morgan fingerprint density at radius 1 is 1.21 bits per heavy atom. The van der Waals surface area contributed by atoms with Crippen LogP contribution in [0.5, 0.6) is 0 Å². The van der Waals surface area contributed by atoms with Crippen molar-refractivity contribution >= 4 is 5.69 Å². The zero-order valence-corrected chi connectivity index (χ0v) is 12.5. The highest BCUT2D eigenvalue weighted by atomic mass is 15.3. The molecule has 0 aromatic heterocycles. The summed E-state index contributed by atoms with van der Waals surface area (Å²) in [5.74, 6) is 0. The van der Waals surface area contributed by atoms with Crippen LogP contribution in [0.4, 0.5) is 5.69 Å². The molecule has 1 atom stereocenters. The maximum atomic E-state index is 3.44. The van der Waals surface area contributed by atoms with Gasteiger partial charge in [0, 0.05) is 37.9 Å². The van der Waals surface area contributed by atoms with Gasteiger partial charge in [0.25, 0.3) is 0 Å². The van der Waals surface area contributed by atoms with Crippen LogP contribution in [0.3, 0.4) is 0 Å². The molecule has 1 unspecified atom stereocenters. The molecule has 0 amide bonds. The van der Waals surface area contributed by atoms with Gasteiger partial charge in [-0.1, -0.05) is 19.1 Å². The van der Waals surface area contributed by atoms with E-state index in [0.29, 0.717) is 6.04 Å². The highest BCUT2D eigenvalue weighted by Crippen LogP contribution is 2.19. The highest BCUT2D eigenvalue weighted by Gasteiger charge is 2.20. The average Bonchev–Trinajstić information content (AvgIpc) is 2.43. The molecule has 1 saturated heterocycles. The van der Waals surface area contributed by atoms with E-state index >= 15 is 0 Å². The first kappa shape index (κ1) is 14.4. The lowest BCUT2D eigenvalue weighted by molar-refractivity contribution is 0.234. The van der Waals surface area contributed by atoms with Gasteiger partial charge in [-0.15, -0.1) is 0 Å². The molecule has 1 aromatic carbocycles. The van der Waals surface area contributed by atoms with Crippen LogP contribution in [-0.4, -0.2) is 44.2 Å². The van der Waals surface area contributed by atoms with Crippen molar-refractivity contribution in [1.29, 1.82) is 0 Å². The lowest BCUT2D eigenvalue weighted by Gasteiger charge is -2.39. The second-order valence-electron chi connectivity index (χ2n) is 5.62. The normalized spacial score (nSPS) is 20.8. The van der Waals surface area contributed by atoms with Crippen LogP contribution in [0.15, 0.2) is 24.3 Å². The third-order valence-electron chi connectivity index (χ3n) is 4.02. The molecule has 1 N–H and O–H groups in total. The largest absolute Gasteiger partial charge is 0.369 e. The fourth-order valence-corrected chi connectivity index (χ4v) is 2.52. The van der Waals surface area contributed by atoms with Crippen LogP contribution in [-0.2, 0) is 6.54 Å². The number of nitrogens with one attached hydrogen (secondary N) is 1. The maximum Gasteiger partial charge on any atom is 0.0367 e. The van der Waals surface area contributed by atoms with E-state index in [1.54, 1.807) is 0 Å². The Hall–Kier alpha value is -1.06. The Morgan fingerprint density at radius 3 is 2.58 bits per heavy atom. The number of rotatable bonds is 5. The van der Waals surface area contributed by atoms with Crippen molar-refractivity contribution < 1.29 is 0 Å². The number of anilines is 1. The van der Waals surface area contributed by atoms with Crippen molar-refractivity contribution in [3.05, 3.63) is 29.8 Å². The molecule has 106 valence electrons. The predicted molar refractivity (Wildman–Crippen MR) is 82.7 cm³/mol. The van der Waals surface area contributed by atoms with E-state index < -0.39 is 0 Å². The van der Waals surface area contributed by atoms with E-state index in [1.807, 2.05) is 0 Å². The third kappa shape index (κ3) is 3.95. The summed E-state index contributed by atoms with van der Waals surface area (Å²) in [6.07, 6.45) is 1.19. The molecule has 1 heterocycles. The molecule has 3 heteroatoms.